The van der Waals surface area contributed by atoms with Crippen LogP contribution in [0.4, 0.5) is 0 Å². The maximum Gasteiger partial charge on any atom is 0.500 e. The van der Waals surface area contributed by atoms with Crippen LogP contribution < -0.4 is 0 Å². The molecule has 0 N–H and O–H groups in total. The summed E-state index contributed by atoms with van der Waals surface area (Å²) in [6.07, 6.45) is 0. The molecule has 4 heteroatoms. The summed E-state index contributed by atoms with van der Waals surface area (Å²) in [5.41, 5.74) is 0. The molecular weight excluding hydrogens is 184 g/mol. The second-order valence-electron chi connectivity index (χ2n) is 3.35. The highest BCUT2D eigenvalue weighted by Gasteiger charge is 2.39. The van der Waals surface area contributed by atoms with E-state index in [0.717, 1.165) is 6.04 Å². The third-order valence-corrected chi connectivity index (χ3v) is 5.09. The third-order valence-electron chi connectivity index (χ3n) is 1.70. The monoisotopic (exact) mass is 206 g/mol. The molecule has 0 spiro atoms. The van der Waals surface area contributed by atoms with E-state index >= 15 is 0 Å². The van der Waals surface area contributed by atoms with Crippen molar-refractivity contribution in [1.29, 1.82) is 0 Å². The summed E-state index contributed by atoms with van der Waals surface area (Å²) in [6, 6.07) is 0.894. The molecular formula is C9H22O3Si. The fourth-order valence-electron chi connectivity index (χ4n) is 1.30. The van der Waals surface area contributed by atoms with Crippen LogP contribution in [0.5, 0.6) is 0 Å². The van der Waals surface area contributed by atoms with Crippen molar-refractivity contribution < 1.29 is 13.3 Å². The minimum Gasteiger partial charge on any atom is -0.377 e. The SMILES string of the molecule is CCO[Si](CC(C)C)(OC)OCC. The average Bonchev–Trinajstić information content (AvgIpc) is 2.04. The van der Waals surface area contributed by atoms with Gasteiger partial charge in [-0.2, -0.15) is 0 Å². The van der Waals surface area contributed by atoms with Gasteiger partial charge >= 0.3 is 8.80 Å². The van der Waals surface area contributed by atoms with Crippen molar-refractivity contribution in [2.45, 2.75) is 33.7 Å². The first-order chi connectivity index (χ1) is 6.10. The normalized spacial score (nSPS) is 12.5. The van der Waals surface area contributed by atoms with E-state index < -0.39 is 8.80 Å². The van der Waals surface area contributed by atoms with Gasteiger partial charge in [0.05, 0.1) is 0 Å². The summed E-state index contributed by atoms with van der Waals surface area (Å²) in [7, 11) is -0.652. The zero-order valence-electron chi connectivity index (χ0n) is 9.42. The lowest BCUT2D eigenvalue weighted by Crippen LogP contribution is -2.45. The lowest BCUT2D eigenvalue weighted by Gasteiger charge is -2.28. The molecule has 0 rings (SSSR count). The lowest BCUT2D eigenvalue weighted by molar-refractivity contribution is 0.0834. The van der Waals surface area contributed by atoms with Gasteiger partial charge in [-0.15, -0.1) is 0 Å². The van der Waals surface area contributed by atoms with Crippen molar-refractivity contribution in [2.24, 2.45) is 5.92 Å². The lowest BCUT2D eigenvalue weighted by atomic mass is 10.3. The molecule has 80 valence electrons. The van der Waals surface area contributed by atoms with Gasteiger partial charge < -0.3 is 13.3 Å². The Bertz CT molecular complexity index is 122. The minimum atomic E-state index is -2.33. The van der Waals surface area contributed by atoms with E-state index in [1.165, 1.54) is 0 Å². The van der Waals surface area contributed by atoms with Gasteiger partial charge in [-0.3, -0.25) is 0 Å². The van der Waals surface area contributed by atoms with E-state index in [1.54, 1.807) is 7.11 Å². The molecule has 0 heterocycles. The van der Waals surface area contributed by atoms with Crippen LogP contribution in [0.15, 0.2) is 0 Å². The van der Waals surface area contributed by atoms with Gasteiger partial charge in [-0.05, 0) is 19.8 Å². The molecule has 0 aliphatic heterocycles. The van der Waals surface area contributed by atoms with Crippen molar-refractivity contribution in [3.05, 3.63) is 0 Å². The molecule has 0 atom stereocenters. The maximum absolute atomic E-state index is 5.62. The highest BCUT2D eigenvalue weighted by molar-refractivity contribution is 6.60. The van der Waals surface area contributed by atoms with Gasteiger partial charge in [0, 0.05) is 26.4 Å². The molecule has 0 amide bonds. The fraction of sp³-hybridized carbons (Fsp3) is 1.00. The molecule has 0 saturated heterocycles. The summed E-state index contributed by atoms with van der Waals surface area (Å²) < 4.78 is 16.7. The molecule has 0 aromatic heterocycles. The van der Waals surface area contributed by atoms with E-state index in [2.05, 4.69) is 13.8 Å². The van der Waals surface area contributed by atoms with Crippen LogP contribution in [-0.4, -0.2) is 29.1 Å². The maximum atomic E-state index is 5.62. The molecule has 0 fully saturated rings. The Morgan fingerprint density at radius 2 is 1.54 bits per heavy atom. The molecule has 13 heavy (non-hydrogen) atoms. The molecule has 0 aromatic carbocycles. The minimum absolute atomic E-state index is 0.546. The second kappa shape index (κ2) is 6.54. The zero-order valence-corrected chi connectivity index (χ0v) is 10.4. The highest BCUT2D eigenvalue weighted by atomic mass is 28.4. The van der Waals surface area contributed by atoms with Gasteiger partial charge in [0.25, 0.3) is 0 Å². The van der Waals surface area contributed by atoms with Crippen molar-refractivity contribution in [3.8, 4) is 0 Å². The first-order valence-corrected chi connectivity index (χ1v) is 6.86. The van der Waals surface area contributed by atoms with Crippen LogP contribution in [0.3, 0.4) is 0 Å². The predicted octanol–water partition coefficient (Wildman–Crippen LogP) is 2.30. The molecule has 0 aromatic rings. The summed E-state index contributed by atoms with van der Waals surface area (Å²) >= 11 is 0. The number of hydrogen-bond donors (Lipinski definition) is 0. The highest BCUT2D eigenvalue weighted by Crippen LogP contribution is 2.20. The van der Waals surface area contributed by atoms with Crippen molar-refractivity contribution in [3.63, 3.8) is 0 Å². The second-order valence-corrected chi connectivity index (χ2v) is 6.11. The first-order valence-electron chi connectivity index (χ1n) is 4.93. The summed E-state index contributed by atoms with van der Waals surface area (Å²) in [6.45, 7) is 9.57. The Labute approximate surface area is 82.8 Å². The number of hydrogen-bond acceptors (Lipinski definition) is 3. The Morgan fingerprint density at radius 1 is 1.08 bits per heavy atom. The van der Waals surface area contributed by atoms with Gasteiger partial charge in [0.1, 0.15) is 0 Å². The summed E-state index contributed by atoms with van der Waals surface area (Å²) in [5, 5.41) is 0. The van der Waals surface area contributed by atoms with Gasteiger partial charge in [0.2, 0.25) is 0 Å². The van der Waals surface area contributed by atoms with Crippen LogP contribution in [0.25, 0.3) is 0 Å². The Balaban J connectivity index is 4.24. The Hall–Kier alpha value is 0.0969. The van der Waals surface area contributed by atoms with E-state index in [1.807, 2.05) is 13.8 Å². The molecule has 0 unspecified atom stereocenters. The predicted molar refractivity (Wildman–Crippen MR) is 55.7 cm³/mol. The van der Waals surface area contributed by atoms with Crippen LogP contribution in [0.2, 0.25) is 6.04 Å². The first kappa shape index (κ1) is 13.1. The van der Waals surface area contributed by atoms with Gasteiger partial charge in [0.15, 0.2) is 0 Å². The smallest absolute Gasteiger partial charge is 0.377 e. The van der Waals surface area contributed by atoms with Crippen LogP contribution in [-0.2, 0) is 13.3 Å². The Morgan fingerprint density at radius 3 is 1.77 bits per heavy atom. The zero-order chi connectivity index (χ0) is 10.3. The number of rotatable bonds is 7. The molecule has 0 radical (unpaired) electrons. The molecule has 0 bridgehead atoms. The van der Waals surface area contributed by atoms with E-state index in [-0.39, 0.29) is 0 Å². The van der Waals surface area contributed by atoms with Crippen LogP contribution in [0.1, 0.15) is 27.7 Å². The molecule has 0 saturated carbocycles. The molecule has 0 aliphatic rings. The third kappa shape index (κ3) is 4.76. The topological polar surface area (TPSA) is 27.7 Å². The largest absolute Gasteiger partial charge is 0.500 e. The van der Waals surface area contributed by atoms with Crippen molar-refractivity contribution >= 4 is 8.80 Å². The van der Waals surface area contributed by atoms with Crippen LogP contribution in [0, 0.1) is 5.92 Å². The fourth-order valence-corrected chi connectivity index (χ4v) is 3.90. The van der Waals surface area contributed by atoms with Gasteiger partial charge in [-0.1, -0.05) is 13.8 Å². The molecule has 0 aliphatic carbocycles. The standard InChI is InChI=1S/C9H22O3Si/c1-6-11-13(10-5,12-7-2)8-9(3)4/h9H,6-8H2,1-5H3. The summed E-state index contributed by atoms with van der Waals surface area (Å²) in [5.74, 6) is 0.546. The van der Waals surface area contributed by atoms with Crippen LogP contribution >= 0.6 is 0 Å². The molecule has 3 nitrogen and oxygen atoms in total. The quantitative estimate of drug-likeness (QED) is 0.598. The van der Waals surface area contributed by atoms with E-state index in [0.29, 0.717) is 19.1 Å². The van der Waals surface area contributed by atoms with Crippen molar-refractivity contribution in [1.82, 2.24) is 0 Å². The van der Waals surface area contributed by atoms with Gasteiger partial charge in [-0.25, -0.2) is 0 Å². The van der Waals surface area contributed by atoms with E-state index in [4.69, 9.17) is 13.3 Å². The van der Waals surface area contributed by atoms with E-state index in [9.17, 15) is 0 Å². The Kier molecular flexibility index (Phi) is 6.58. The summed E-state index contributed by atoms with van der Waals surface area (Å²) in [4.78, 5) is 0. The average molecular weight is 206 g/mol. The van der Waals surface area contributed by atoms with Crippen molar-refractivity contribution in [2.75, 3.05) is 20.3 Å².